The number of fused-ring (bicyclic) bond motifs is 5. The van der Waals surface area contributed by atoms with Gasteiger partial charge in [0.1, 0.15) is 0 Å². The average molecular weight is 398 g/mol. The predicted octanol–water partition coefficient (Wildman–Crippen LogP) is 2.45. The SMILES string of the molecule is O=C1c2ccccc2[C@]2(O)[C@H]1[C@@H](c1ccc(Cl)cc1)C([N+](=O)[O-])=C1NCCN12. The second kappa shape index (κ2) is 5.80. The van der Waals surface area contributed by atoms with Crippen molar-refractivity contribution in [3.63, 3.8) is 0 Å². The van der Waals surface area contributed by atoms with Gasteiger partial charge in [-0.05, 0) is 17.7 Å². The van der Waals surface area contributed by atoms with E-state index in [2.05, 4.69) is 5.32 Å². The van der Waals surface area contributed by atoms with Gasteiger partial charge in [-0.15, -0.1) is 0 Å². The summed E-state index contributed by atoms with van der Waals surface area (Å²) in [5.41, 5.74) is -0.273. The Morgan fingerprint density at radius 3 is 2.64 bits per heavy atom. The number of nitrogens with one attached hydrogen (secondary N) is 1. The van der Waals surface area contributed by atoms with Crippen LogP contribution in [0.4, 0.5) is 0 Å². The summed E-state index contributed by atoms with van der Waals surface area (Å²) in [7, 11) is 0. The van der Waals surface area contributed by atoms with Gasteiger partial charge in [0.15, 0.2) is 17.3 Å². The fourth-order valence-corrected chi connectivity index (χ4v) is 4.95. The first kappa shape index (κ1) is 17.2. The Hall–Kier alpha value is -2.90. The van der Waals surface area contributed by atoms with E-state index in [0.29, 0.717) is 34.8 Å². The first-order chi connectivity index (χ1) is 13.4. The predicted molar refractivity (Wildman–Crippen MR) is 101 cm³/mol. The molecule has 1 fully saturated rings. The van der Waals surface area contributed by atoms with Crippen molar-refractivity contribution >= 4 is 17.4 Å². The molecule has 28 heavy (non-hydrogen) atoms. The molecule has 2 aromatic rings. The lowest BCUT2D eigenvalue weighted by molar-refractivity contribution is -0.438. The number of benzene rings is 2. The molecular weight excluding hydrogens is 382 g/mol. The van der Waals surface area contributed by atoms with Crippen molar-refractivity contribution < 1.29 is 14.8 Å². The molecule has 3 atom stereocenters. The first-order valence-corrected chi connectivity index (χ1v) is 9.34. The van der Waals surface area contributed by atoms with Crippen molar-refractivity contribution in [1.29, 1.82) is 0 Å². The number of hydrogen-bond acceptors (Lipinski definition) is 6. The van der Waals surface area contributed by atoms with Crippen LogP contribution in [-0.4, -0.2) is 33.8 Å². The number of ketones is 1. The molecule has 2 aromatic carbocycles. The molecule has 1 aliphatic carbocycles. The number of aliphatic hydroxyl groups is 1. The maximum absolute atomic E-state index is 13.4. The van der Waals surface area contributed by atoms with Crippen molar-refractivity contribution in [1.82, 2.24) is 10.2 Å². The standard InChI is InChI=1S/C20H16ClN3O4/c21-12-7-5-11(6-8-12)15-16-18(25)13-3-1-2-4-14(13)20(16,26)23-10-9-22-19(23)17(15)24(27)28/h1-8,15-16,22,26H,9-10H2/t15-,16+,20+/m1/s1. The van der Waals surface area contributed by atoms with Crippen molar-refractivity contribution in [2.75, 3.05) is 13.1 Å². The van der Waals surface area contributed by atoms with Crippen LogP contribution in [0.15, 0.2) is 60.0 Å². The highest BCUT2D eigenvalue weighted by atomic mass is 35.5. The largest absolute Gasteiger partial charge is 0.366 e. The highest BCUT2D eigenvalue weighted by molar-refractivity contribution is 6.30. The molecule has 0 bridgehead atoms. The van der Waals surface area contributed by atoms with E-state index >= 15 is 0 Å². The molecular formula is C20H16ClN3O4. The van der Waals surface area contributed by atoms with Gasteiger partial charge in [0, 0.05) is 29.2 Å². The molecule has 8 heteroatoms. The van der Waals surface area contributed by atoms with Gasteiger partial charge in [0.05, 0.1) is 16.8 Å². The van der Waals surface area contributed by atoms with E-state index in [0.717, 1.165) is 0 Å². The Bertz CT molecular complexity index is 1050. The number of halogens is 1. The van der Waals surface area contributed by atoms with Crippen molar-refractivity contribution in [2.24, 2.45) is 5.92 Å². The number of allylic oxidation sites excluding steroid dienone is 1. The minimum absolute atomic E-state index is 0.101. The van der Waals surface area contributed by atoms with Crippen molar-refractivity contribution in [3.8, 4) is 0 Å². The fraction of sp³-hybridized carbons (Fsp3) is 0.250. The molecule has 2 N–H and O–H groups in total. The van der Waals surface area contributed by atoms with Crippen molar-refractivity contribution in [2.45, 2.75) is 11.6 Å². The summed E-state index contributed by atoms with van der Waals surface area (Å²) < 4.78 is 0. The van der Waals surface area contributed by atoms with Crippen LogP contribution in [0.5, 0.6) is 0 Å². The lowest BCUT2D eigenvalue weighted by Crippen LogP contribution is -2.55. The van der Waals surface area contributed by atoms with Crippen LogP contribution in [0.2, 0.25) is 5.02 Å². The highest BCUT2D eigenvalue weighted by Crippen LogP contribution is 2.57. The maximum atomic E-state index is 13.4. The average Bonchev–Trinajstić information content (AvgIpc) is 3.25. The Morgan fingerprint density at radius 1 is 1.21 bits per heavy atom. The molecule has 0 aromatic heterocycles. The number of carbonyl (C=O) groups is 1. The Kier molecular flexibility index (Phi) is 3.56. The van der Waals surface area contributed by atoms with Gasteiger partial charge in [0.2, 0.25) is 0 Å². The minimum Gasteiger partial charge on any atom is -0.366 e. The summed E-state index contributed by atoms with van der Waals surface area (Å²) in [5.74, 6) is -1.94. The Balaban J connectivity index is 1.82. The molecule has 142 valence electrons. The fourth-order valence-electron chi connectivity index (χ4n) is 4.82. The van der Waals surface area contributed by atoms with Crippen LogP contribution in [0.25, 0.3) is 0 Å². The molecule has 1 saturated heterocycles. The van der Waals surface area contributed by atoms with E-state index in [1.165, 1.54) is 0 Å². The summed E-state index contributed by atoms with van der Waals surface area (Å²) in [6.07, 6.45) is 0. The number of rotatable bonds is 2. The van der Waals surface area contributed by atoms with E-state index in [9.17, 15) is 20.0 Å². The van der Waals surface area contributed by atoms with Crippen LogP contribution in [0, 0.1) is 16.0 Å². The molecule has 0 amide bonds. The lowest BCUT2D eigenvalue weighted by Gasteiger charge is -2.45. The number of Topliss-reactive ketones (excluding diaryl/α,β-unsaturated/α-hetero) is 1. The molecule has 0 radical (unpaired) electrons. The van der Waals surface area contributed by atoms with Crippen LogP contribution < -0.4 is 5.32 Å². The Labute approximate surface area is 165 Å². The van der Waals surface area contributed by atoms with Crippen molar-refractivity contribution in [3.05, 3.63) is 91.9 Å². The van der Waals surface area contributed by atoms with Gasteiger partial charge in [-0.25, -0.2) is 0 Å². The number of nitrogens with zero attached hydrogens (tertiary/aromatic N) is 2. The quantitative estimate of drug-likeness (QED) is 0.597. The second-order valence-electron chi connectivity index (χ2n) is 7.21. The zero-order valence-electron chi connectivity index (χ0n) is 14.6. The lowest BCUT2D eigenvalue weighted by atomic mass is 9.74. The summed E-state index contributed by atoms with van der Waals surface area (Å²) >= 11 is 6.00. The highest BCUT2D eigenvalue weighted by Gasteiger charge is 2.65. The molecule has 7 nitrogen and oxygen atoms in total. The molecule has 0 saturated carbocycles. The summed E-state index contributed by atoms with van der Waals surface area (Å²) in [5, 5.41) is 27.5. The third-order valence-corrected chi connectivity index (χ3v) is 6.16. The van der Waals surface area contributed by atoms with Crippen LogP contribution >= 0.6 is 11.6 Å². The van der Waals surface area contributed by atoms with Gasteiger partial charge in [-0.2, -0.15) is 0 Å². The topological polar surface area (TPSA) is 95.7 Å². The molecule has 3 aliphatic rings. The van der Waals surface area contributed by atoms with Gasteiger partial charge in [-0.3, -0.25) is 14.9 Å². The zero-order chi connectivity index (χ0) is 19.6. The van der Waals surface area contributed by atoms with Gasteiger partial charge < -0.3 is 15.3 Å². The van der Waals surface area contributed by atoms with E-state index in [-0.39, 0.29) is 17.3 Å². The summed E-state index contributed by atoms with van der Waals surface area (Å²) in [6.45, 7) is 0.819. The number of hydrogen-bond donors (Lipinski definition) is 2. The summed E-state index contributed by atoms with van der Waals surface area (Å²) in [6, 6.07) is 13.5. The third-order valence-electron chi connectivity index (χ3n) is 5.91. The van der Waals surface area contributed by atoms with E-state index in [1.54, 1.807) is 53.4 Å². The zero-order valence-corrected chi connectivity index (χ0v) is 15.4. The summed E-state index contributed by atoms with van der Waals surface area (Å²) in [4.78, 5) is 26.6. The van der Waals surface area contributed by atoms with Crippen LogP contribution in [0.3, 0.4) is 0 Å². The molecule has 0 spiro atoms. The van der Waals surface area contributed by atoms with E-state index in [4.69, 9.17) is 11.6 Å². The maximum Gasteiger partial charge on any atom is 0.294 e. The third kappa shape index (κ3) is 2.05. The van der Waals surface area contributed by atoms with Gasteiger partial charge >= 0.3 is 0 Å². The molecule has 2 aliphatic heterocycles. The Morgan fingerprint density at radius 2 is 1.93 bits per heavy atom. The molecule has 2 heterocycles. The molecule has 0 unspecified atom stereocenters. The number of nitro groups is 1. The smallest absolute Gasteiger partial charge is 0.294 e. The second-order valence-corrected chi connectivity index (χ2v) is 7.65. The van der Waals surface area contributed by atoms with Crippen LogP contribution in [-0.2, 0) is 5.72 Å². The van der Waals surface area contributed by atoms with E-state index in [1.807, 2.05) is 0 Å². The molecule has 5 rings (SSSR count). The normalized spacial score (nSPS) is 27.9. The van der Waals surface area contributed by atoms with E-state index < -0.39 is 22.5 Å². The first-order valence-electron chi connectivity index (χ1n) is 8.96. The monoisotopic (exact) mass is 397 g/mol. The number of carbonyl (C=O) groups excluding carboxylic acids is 1. The van der Waals surface area contributed by atoms with Crippen LogP contribution in [0.1, 0.15) is 27.4 Å². The van der Waals surface area contributed by atoms with Gasteiger partial charge in [-0.1, -0.05) is 48.0 Å². The minimum atomic E-state index is -1.64. The van der Waals surface area contributed by atoms with Gasteiger partial charge in [0.25, 0.3) is 5.70 Å².